The van der Waals surface area contributed by atoms with Gasteiger partial charge in [0, 0.05) is 18.7 Å². The Hall–Kier alpha value is -4.24. The molecule has 0 aliphatic heterocycles. The third kappa shape index (κ3) is 6.92. The quantitative estimate of drug-likeness (QED) is 0.229. The largest absolute Gasteiger partial charge is 0.465 e. The van der Waals surface area contributed by atoms with Crippen molar-refractivity contribution in [3.63, 3.8) is 0 Å². The molecule has 9 nitrogen and oxygen atoms in total. The summed E-state index contributed by atoms with van der Waals surface area (Å²) in [4.78, 5) is 31.4. The van der Waals surface area contributed by atoms with Gasteiger partial charge in [-0.15, -0.1) is 0 Å². The van der Waals surface area contributed by atoms with Gasteiger partial charge in [-0.05, 0) is 77.4 Å². The molecule has 1 aliphatic rings. The standard InChI is InChI=1S/C32H39N5O4/c1-7-27(34-22(4)30(38)33-19-20-37(5)6)35-28-21(3)36-41-29(28)25-11-9-23(10-12-25)24-13-15-26(16-14-24)32(17-18-32)31(39)40-8-2/h7,9-16,35H,8,17-20H2,1-6H3,(H,33,38)/b27-7+,34-22+. The molecule has 0 radical (unpaired) electrons. The molecular weight excluding hydrogens is 518 g/mol. The van der Waals surface area contributed by atoms with Gasteiger partial charge < -0.3 is 24.8 Å². The van der Waals surface area contributed by atoms with Gasteiger partial charge in [0.2, 0.25) is 0 Å². The van der Waals surface area contributed by atoms with E-state index in [1.54, 1.807) is 13.0 Å². The van der Waals surface area contributed by atoms with Crippen LogP contribution < -0.4 is 10.6 Å². The lowest BCUT2D eigenvalue weighted by molar-refractivity contribution is -0.146. The topological polar surface area (TPSA) is 109 Å². The van der Waals surface area contributed by atoms with E-state index in [-0.39, 0.29) is 11.9 Å². The predicted octanol–water partition coefficient (Wildman–Crippen LogP) is 5.32. The maximum Gasteiger partial charge on any atom is 0.316 e. The predicted molar refractivity (Wildman–Crippen MR) is 162 cm³/mol. The number of aryl methyl sites for hydroxylation is 1. The molecule has 9 heteroatoms. The first-order valence-corrected chi connectivity index (χ1v) is 13.9. The molecule has 1 fully saturated rings. The van der Waals surface area contributed by atoms with E-state index in [1.807, 2.05) is 88.3 Å². The van der Waals surface area contributed by atoms with E-state index in [2.05, 4.69) is 20.8 Å². The highest BCUT2D eigenvalue weighted by atomic mass is 16.5. The van der Waals surface area contributed by atoms with Crippen LogP contribution in [0.2, 0.25) is 0 Å². The summed E-state index contributed by atoms with van der Waals surface area (Å²) in [5, 5.41) is 10.3. The minimum atomic E-state index is -0.476. The molecule has 1 saturated carbocycles. The number of esters is 1. The number of anilines is 1. The highest BCUT2D eigenvalue weighted by Crippen LogP contribution is 2.49. The van der Waals surface area contributed by atoms with Crippen LogP contribution in [0.1, 0.15) is 44.9 Å². The number of aliphatic imine (C=N–C) groups is 1. The van der Waals surface area contributed by atoms with Crippen molar-refractivity contribution in [2.75, 3.05) is 39.1 Å². The normalized spacial score (nSPS) is 14.6. The molecule has 4 rings (SSSR count). The molecule has 0 atom stereocenters. The number of likely N-dealkylation sites (N-methyl/N-ethyl adjacent to an activating group) is 1. The minimum absolute atomic E-state index is 0.130. The zero-order valence-electron chi connectivity index (χ0n) is 24.7. The SMILES string of the molecule is C/C=C(\N=C(/C)C(=O)NCCN(C)C)Nc1c(C)noc1-c1ccc(-c2ccc(C3(C(=O)OCC)CC3)cc2)cc1. The summed E-state index contributed by atoms with van der Waals surface area (Å²) >= 11 is 0. The van der Waals surface area contributed by atoms with E-state index >= 15 is 0 Å². The first-order valence-electron chi connectivity index (χ1n) is 13.9. The number of aromatic nitrogens is 1. The molecule has 0 saturated heterocycles. The maximum absolute atomic E-state index is 12.4. The lowest BCUT2D eigenvalue weighted by Gasteiger charge is -2.14. The van der Waals surface area contributed by atoms with Gasteiger partial charge in [-0.25, -0.2) is 4.99 Å². The molecule has 41 heavy (non-hydrogen) atoms. The van der Waals surface area contributed by atoms with Crippen molar-refractivity contribution in [2.24, 2.45) is 4.99 Å². The van der Waals surface area contributed by atoms with Crippen molar-refractivity contribution in [2.45, 2.75) is 46.0 Å². The van der Waals surface area contributed by atoms with Crippen LogP contribution in [0.4, 0.5) is 5.69 Å². The number of nitrogens with zero attached hydrogens (tertiary/aromatic N) is 3. The lowest BCUT2D eigenvalue weighted by atomic mass is 9.93. The molecule has 0 unspecified atom stereocenters. The Morgan fingerprint density at radius 3 is 2.24 bits per heavy atom. The van der Waals surface area contributed by atoms with Crippen molar-refractivity contribution in [3.8, 4) is 22.5 Å². The van der Waals surface area contributed by atoms with E-state index < -0.39 is 5.41 Å². The highest BCUT2D eigenvalue weighted by molar-refractivity contribution is 6.38. The molecule has 2 aromatic carbocycles. The molecule has 0 bridgehead atoms. The van der Waals surface area contributed by atoms with Crippen molar-refractivity contribution < 1.29 is 18.8 Å². The Labute approximate surface area is 241 Å². The molecule has 216 valence electrons. The minimum Gasteiger partial charge on any atom is -0.465 e. The fourth-order valence-corrected chi connectivity index (χ4v) is 4.56. The number of allylic oxidation sites excluding steroid dienone is 1. The summed E-state index contributed by atoms with van der Waals surface area (Å²) < 4.78 is 11.0. The number of nitrogens with one attached hydrogen (secondary N) is 2. The Morgan fingerprint density at radius 2 is 1.68 bits per heavy atom. The number of hydrogen-bond acceptors (Lipinski definition) is 8. The van der Waals surface area contributed by atoms with Crippen molar-refractivity contribution in [1.82, 2.24) is 15.4 Å². The number of ether oxygens (including phenoxy) is 1. The van der Waals surface area contributed by atoms with Crippen molar-refractivity contribution in [1.29, 1.82) is 0 Å². The first kappa shape index (κ1) is 29.7. The van der Waals surface area contributed by atoms with E-state index in [9.17, 15) is 9.59 Å². The maximum atomic E-state index is 12.4. The molecular formula is C32H39N5O4. The van der Waals surface area contributed by atoms with Crippen LogP contribution in [0.25, 0.3) is 22.5 Å². The third-order valence-corrected chi connectivity index (χ3v) is 7.18. The number of carbonyl (C=O) groups excluding carboxylic acids is 2. The fourth-order valence-electron chi connectivity index (χ4n) is 4.56. The molecule has 0 spiro atoms. The second-order valence-electron chi connectivity index (χ2n) is 10.5. The van der Waals surface area contributed by atoms with Gasteiger partial charge in [0.25, 0.3) is 5.91 Å². The fraction of sp³-hybridized carbons (Fsp3) is 0.375. The molecule has 1 aromatic heterocycles. The number of amides is 1. The van der Waals surface area contributed by atoms with Gasteiger partial charge in [0.15, 0.2) is 5.76 Å². The van der Waals surface area contributed by atoms with Gasteiger partial charge in [0.05, 0.1) is 12.0 Å². The molecule has 1 heterocycles. The second kappa shape index (κ2) is 13.0. The van der Waals surface area contributed by atoms with Gasteiger partial charge in [-0.3, -0.25) is 9.59 Å². The van der Waals surface area contributed by atoms with Crippen LogP contribution in [0.15, 0.2) is 69.9 Å². The smallest absolute Gasteiger partial charge is 0.316 e. The number of benzene rings is 2. The van der Waals surface area contributed by atoms with Crippen LogP contribution in [0, 0.1) is 6.92 Å². The lowest BCUT2D eigenvalue weighted by Crippen LogP contribution is -2.35. The first-order chi connectivity index (χ1) is 19.7. The van der Waals surface area contributed by atoms with Crippen LogP contribution in [-0.4, -0.2) is 61.4 Å². The molecule has 2 N–H and O–H groups in total. The number of carbonyl (C=O) groups is 2. The van der Waals surface area contributed by atoms with Gasteiger partial charge >= 0.3 is 5.97 Å². The average molecular weight is 558 g/mol. The highest BCUT2D eigenvalue weighted by Gasteiger charge is 2.52. The zero-order chi connectivity index (χ0) is 29.6. The van der Waals surface area contributed by atoms with Gasteiger partial charge in [-0.1, -0.05) is 53.7 Å². The molecule has 1 aliphatic carbocycles. The summed E-state index contributed by atoms with van der Waals surface area (Å²) in [5.41, 5.74) is 5.20. The zero-order valence-corrected chi connectivity index (χ0v) is 24.7. The Bertz CT molecular complexity index is 1430. The monoisotopic (exact) mass is 557 g/mol. The molecule has 3 aromatic rings. The van der Waals surface area contributed by atoms with E-state index in [0.717, 1.165) is 41.6 Å². The summed E-state index contributed by atoms with van der Waals surface area (Å²) in [7, 11) is 3.91. The summed E-state index contributed by atoms with van der Waals surface area (Å²) in [6, 6.07) is 16.2. The summed E-state index contributed by atoms with van der Waals surface area (Å²) in [6.45, 7) is 8.91. The second-order valence-corrected chi connectivity index (χ2v) is 10.5. The average Bonchev–Trinajstić information content (AvgIpc) is 3.71. The Kier molecular flexibility index (Phi) is 9.39. The third-order valence-electron chi connectivity index (χ3n) is 7.18. The van der Waals surface area contributed by atoms with Gasteiger partial charge in [0.1, 0.15) is 22.9 Å². The van der Waals surface area contributed by atoms with E-state index in [4.69, 9.17) is 9.26 Å². The molecule has 1 amide bonds. The van der Waals surface area contributed by atoms with Crippen LogP contribution in [0.3, 0.4) is 0 Å². The number of hydrogen-bond donors (Lipinski definition) is 2. The van der Waals surface area contributed by atoms with Crippen LogP contribution >= 0.6 is 0 Å². The number of rotatable bonds is 12. The van der Waals surface area contributed by atoms with Crippen molar-refractivity contribution >= 4 is 23.3 Å². The summed E-state index contributed by atoms with van der Waals surface area (Å²) in [5.74, 6) is 0.754. The van der Waals surface area contributed by atoms with E-state index in [1.165, 1.54) is 0 Å². The van der Waals surface area contributed by atoms with Crippen LogP contribution in [-0.2, 0) is 19.7 Å². The van der Waals surface area contributed by atoms with Gasteiger partial charge in [-0.2, -0.15) is 0 Å². The Balaban J connectivity index is 1.47. The summed E-state index contributed by atoms with van der Waals surface area (Å²) in [6.07, 6.45) is 3.46. The van der Waals surface area contributed by atoms with Crippen molar-refractivity contribution in [3.05, 3.63) is 71.7 Å². The Morgan fingerprint density at radius 1 is 1.07 bits per heavy atom. The van der Waals surface area contributed by atoms with E-state index in [0.29, 0.717) is 41.8 Å². The van der Waals surface area contributed by atoms with Crippen LogP contribution in [0.5, 0.6) is 0 Å².